The number of anilines is 1. The average molecular weight is 433 g/mol. The normalized spacial score (nSPS) is 10.6. The van der Waals surface area contributed by atoms with Gasteiger partial charge in [0, 0.05) is 17.4 Å². The lowest BCUT2D eigenvalue weighted by Gasteiger charge is -2.07. The number of aryl methyl sites for hydroxylation is 1. The Labute approximate surface area is 183 Å². The van der Waals surface area contributed by atoms with E-state index < -0.39 is 0 Å². The molecule has 0 saturated carbocycles. The molecule has 2 aromatic heterocycles. The third-order valence-electron chi connectivity index (χ3n) is 4.53. The van der Waals surface area contributed by atoms with Crippen molar-refractivity contribution >= 4 is 23.4 Å². The van der Waals surface area contributed by atoms with Crippen LogP contribution in [0, 0.1) is 6.92 Å². The lowest BCUT2D eigenvalue weighted by Crippen LogP contribution is -2.14. The number of carbonyl (C=O) groups excluding carboxylic acids is 1. The average Bonchev–Trinajstić information content (AvgIpc) is 3.30. The van der Waals surface area contributed by atoms with Crippen LogP contribution in [0.25, 0.3) is 22.8 Å². The molecule has 0 spiro atoms. The predicted octanol–water partition coefficient (Wildman–Crippen LogP) is 4.85. The van der Waals surface area contributed by atoms with E-state index in [4.69, 9.17) is 9.26 Å². The molecule has 0 aliphatic heterocycles. The molecule has 2 heterocycles. The molecule has 0 bridgehead atoms. The minimum absolute atomic E-state index is 0.0776. The number of aromatic nitrogens is 3. The lowest BCUT2D eigenvalue weighted by molar-refractivity contribution is -0.113. The quantitative estimate of drug-likeness (QED) is 0.418. The summed E-state index contributed by atoms with van der Waals surface area (Å²) in [5.74, 6) is 1.82. The number of ether oxygens (including phenoxy) is 1. The Bertz CT molecular complexity index is 1170. The predicted molar refractivity (Wildman–Crippen MR) is 120 cm³/mol. The molecule has 8 heteroatoms. The number of benzene rings is 2. The molecule has 4 rings (SSSR count). The zero-order valence-electron chi connectivity index (χ0n) is 17.0. The Hall–Kier alpha value is -3.65. The Morgan fingerprint density at radius 1 is 1.06 bits per heavy atom. The summed E-state index contributed by atoms with van der Waals surface area (Å²) in [5.41, 5.74) is 3.38. The van der Waals surface area contributed by atoms with E-state index in [-0.39, 0.29) is 11.7 Å². The van der Waals surface area contributed by atoms with Crippen LogP contribution in [0.15, 0.2) is 76.4 Å². The van der Waals surface area contributed by atoms with E-state index in [0.717, 1.165) is 27.6 Å². The number of rotatable bonds is 7. The van der Waals surface area contributed by atoms with Gasteiger partial charge < -0.3 is 14.6 Å². The smallest absolute Gasteiger partial charge is 0.259 e. The number of hydrogen-bond donors (Lipinski definition) is 1. The minimum Gasteiger partial charge on any atom is -0.497 e. The molecule has 0 radical (unpaired) electrons. The summed E-state index contributed by atoms with van der Waals surface area (Å²) in [4.78, 5) is 21.0. The summed E-state index contributed by atoms with van der Waals surface area (Å²) in [6, 6.07) is 18.8. The van der Waals surface area contributed by atoms with Gasteiger partial charge in [-0.05, 0) is 55.0 Å². The summed E-state index contributed by atoms with van der Waals surface area (Å²) in [5, 5.41) is 7.68. The highest BCUT2D eigenvalue weighted by atomic mass is 32.2. The zero-order valence-corrected chi connectivity index (χ0v) is 17.8. The minimum atomic E-state index is -0.0776. The van der Waals surface area contributed by atoms with E-state index in [1.54, 1.807) is 13.3 Å². The van der Waals surface area contributed by atoms with Gasteiger partial charge in [-0.1, -0.05) is 35.1 Å². The SMILES string of the molecule is COc1ccc(-c2noc(-c3ccc(SCC(=O)Nc4ccccc4C)nc3)n2)cc1. The Morgan fingerprint density at radius 3 is 2.55 bits per heavy atom. The summed E-state index contributed by atoms with van der Waals surface area (Å²) >= 11 is 1.36. The first kappa shape index (κ1) is 20.6. The van der Waals surface area contributed by atoms with Crippen LogP contribution >= 0.6 is 11.8 Å². The standard InChI is InChI=1S/C23H20N4O3S/c1-15-5-3-4-6-19(15)25-20(28)14-31-21-12-9-17(13-24-21)23-26-22(27-30-23)16-7-10-18(29-2)11-8-16/h3-13H,14H2,1-2H3,(H,25,28). The van der Waals surface area contributed by atoms with Gasteiger partial charge in [0.2, 0.25) is 11.7 Å². The monoisotopic (exact) mass is 432 g/mol. The molecular formula is C23H20N4O3S. The van der Waals surface area contributed by atoms with E-state index in [9.17, 15) is 4.79 Å². The largest absolute Gasteiger partial charge is 0.497 e. The highest BCUT2D eigenvalue weighted by Crippen LogP contribution is 2.25. The summed E-state index contributed by atoms with van der Waals surface area (Å²) in [6.45, 7) is 1.96. The van der Waals surface area contributed by atoms with Gasteiger partial charge in [-0.25, -0.2) is 4.98 Å². The molecule has 0 aliphatic carbocycles. The highest BCUT2D eigenvalue weighted by molar-refractivity contribution is 7.99. The van der Waals surface area contributed by atoms with Crippen molar-refractivity contribution in [3.05, 3.63) is 72.4 Å². The molecule has 4 aromatic rings. The maximum atomic E-state index is 12.2. The van der Waals surface area contributed by atoms with Crippen LogP contribution in [0.4, 0.5) is 5.69 Å². The molecule has 0 fully saturated rings. The second-order valence-corrected chi connectivity index (χ2v) is 7.68. The van der Waals surface area contributed by atoms with Crippen molar-refractivity contribution < 1.29 is 14.1 Å². The second kappa shape index (κ2) is 9.44. The number of thioether (sulfide) groups is 1. The number of amides is 1. The number of carbonyl (C=O) groups is 1. The molecule has 1 amide bonds. The van der Waals surface area contributed by atoms with E-state index in [0.29, 0.717) is 17.3 Å². The molecule has 156 valence electrons. The summed E-state index contributed by atoms with van der Waals surface area (Å²) in [6.07, 6.45) is 1.66. The maximum absolute atomic E-state index is 12.2. The summed E-state index contributed by atoms with van der Waals surface area (Å²) < 4.78 is 10.5. The third kappa shape index (κ3) is 5.10. The van der Waals surface area contributed by atoms with Crippen LogP contribution in [-0.2, 0) is 4.79 Å². The van der Waals surface area contributed by atoms with Crippen LogP contribution in [0.2, 0.25) is 0 Å². The van der Waals surface area contributed by atoms with Crippen LogP contribution < -0.4 is 10.1 Å². The van der Waals surface area contributed by atoms with Gasteiger partial charge >= 0.3 is 0 Å². The number of methoxy groups -OCH3 is 1. The Balaban J connectivity index is 1.36. The van der Waals surface area contributed by atoms with Gasteiger partial charge in [-0.2, -0.15) is 4.98 Å². The molecule has 31 heavy (non-hydrogen) atoms. The topological polar surface area (TPSA) is 90.1 Å². The van der Waals surface area contributed by atoms with Crippen LogP contribution in [0.3, 0.4) is 0 Å². The highest BCUT2D eigenvalue weighted by Gasteiger charge is 2.12. The molecule has 0 atom stereocenters. The van der Waals surface area contributed by atoms with Crippen LogP contribution in [-0.4, -0.2) is 33.9 Å². The van der Waals surface area contributed by atoms with E-state index in [2.05, 4.69) is 20.4 Å². The molecular weight excluding hydrogens is 412 g/mol. The number of pyridine rings is 1. The summed E-state index contributed by atoms with van der Waals surface area (Å²) in [7, 11) is 1.62. The van der Waals surface area contributed by atoms with Crippen molar-refractivity contribution in [2.24, 2.45) is 0 Å². The fourth-order valence-electron chi connectivity index (χ4n) is 2.83. The molecule has 0 aliphatic rings. The van der Waals surface area contributed by atoms with Crippen molar-refractivity contribution in [1.29, 1.82) is 0 Å². The first-order valence-corrected chi connectivity index (χ1v) is 10.5. The third-order valence-corrected chi connectivity index (χ3v) is 5.47. The Kier molecular flexibility index (Phi) is 6.28. The fourth-order valence-corrected chi connectivity index (χ4v) is 3.47. The van der Waals surface area contributed by atoms with Gasteiger partial charge in [-0.3, -0.25) is 4.79 Å². The van der Waals surface area contributed by atoms with Gasteiger partial charge in [0.25, 0.3) is 5.89 Å². The van der Waals surface area contributed by atoms with Gasteiger partial charge in [0.15, 0.2) is 0 Å². The van der Waals surface area contributed by atoms with Gasteiger partial charge in [0.05, 0.1) is 23.5 Å². The van der Waals surface area contributed by atoms with Crippen LogP contribution in [0.1, 0.15) is 5.56 Å². The van der Waals surface area contributed by atoms with Crippen molar-refractivity contribution in [2.75, 3.05) is 18.2 Å². The first-order valence-electron chi connectivity index (χ1n) is 9.55. The molecule has 1 N–H and O–H groups in total. The van der Waals surface area contributed by atoms with Gasteiger partial charge in [0.1, 0.15) is 5.75 Å². The molecule has 7 nitrogen and oxygen atoms in total. The van der Waals surface area contributed by atoms with Gasteiger partial charge in [-0.15, -0.1) is 0 Å². The van der Waals surface area contributed by atoms with Crippen molar-refractivity contribution in [2.45, 2.75) is 11.9 Å². The first-order chi connectivity index (χ1) is 15.1. The van der Waals surface area contributed by atoms with E-state index >= 15 is 0 Å². The number of nitrogens with zero attached hydrogens (tertiary/aromatic N) is 3. The van der Waals surface area contributed by atoms with Crippen molar-refractivity contribution in [1.82, 2.24) is 15.1 Å². The lowest BCUT2D eigenvalue weighted by atomic mass is 10.2. The molecule has 0 saturated heterocycles. The van der Waals surface area contributed by atoms with Crippen molar-refractivity contribution in [3.8, 4) is 28.6 Å². The van der Waals surface area contributed by atoms with E-state index in [1.165, 1.54) is 11.8 Å². The zero-order chi connectivity index (χ0) is 21.6. The number of para-hydroxylation sites is 1. The van der Waals surface area contributed by atoms with Crippen LogP contribution in [0.5, 0.6) is 5.75 Å². The Morgan fingerprint density at radius 2 is 1.84 bits per heavy atom. The molecule has 2 aromatic carbocycles. The number of nitrogens with one attached hydrogen (secondary N) is 1. The number of hydrogen-bond acceptors (Lipinski definition) is 7. The van der Waals surface area contributed by atoms with Crippen molar-refractivity contribution in [3.63, 3.8) is 0 Å². The fraction of sp³-hybridized carbons (Fsp3) is 0.130. The maximum Gasteiger partial charge on any atom is 0.259 e. The van der Waals surface area contributed by atoms with E-state index in [1.807, 2.05) is 67.6 Å². The second-order valence-electron chi connectivity index (χ2n) is 6.69. The molecule has 0 unspecified atom stereocenters.